The molecule has 0 N–H and O–H groups in total. The third-order valence-electron chi connectivity index (χ3n) is 1.95. The van der Waals surface area contributed by atoms with Crippen molar-refractivity contribution in [1.29, 1.82) is 0 Å². The number of hydrogen-bond acceptors (Lipinski definition) is 2. The standard InChI is InChI=1S/C10H14ClNO2/c1-9-3-2-4-10(13)12(9)6-8-14-7-5-11/h2-4H,5-8H2,1H3. The van der Waals surface area contributed by atoms with Gasteiger partial charge in [-0.2, -0.15) is 0 Å². The van der Waals surface area contributed by atoms with Gasteiger partial charge < -0.3 is 9.30 Å². The number of pyridine rings is 1. The summed E-state index contributed by atoms with van der Waals surface area (Å²) in [5, 5.41) is 0. The number of nitrogens with zero attached hydrogens (tertiary/aromatic N) is 1. The number of rotatable bonds is 5. The Balaban J connectivity index is 2.54. The van der Waals surface area contributed by atoms with E-state index in [-0.39, 0.29) is 5.56 Å². The Labute approximate surface area is 88.3 Å². The molecule has 0 amide bonds. The minimum atomic E-state index is 0.0134. The molecule has 0 fully saturated rings. The summed E-state index contributed by atoms with van der Waals surface area (Å²) in [6, 6.07) is 5.21. The second-order valence-electron chi connectivity index (χ2n) is 2.96. The molecule has 1 rings (SSSR count). The highest BCUT2D eigenvalue weighted by molar-refractivity contribution is 6.17. The number of alkyl halides is 1. The average molecular weight is 216 g/mol. The molecule has 14 heavy (non-hydrogen) atoms. The zero-order valence-corrected chi connectivity index (χ0v) is 8.96. The van der Waals surface area contributed by atoms with Crippen LogP contribution in [-0.4, -0.2) is 23.7 Å². The summed E-state index contributed by atoms with van der Waals surface area (Å²) in [6.07, 6.45) is 0. The molecule has 78 valence electrons. The lowest BCUT2D eigenvalue weighted by atomic mass is 10.3. The molecule has 4 heteroatoms. The number of hydrogen-bond donors (Lipinski definition) is 0. The van der Waals surface area contributed by atoms with Crippen LogP contribution in [0.15, 0.2) is 23.0 Å². The van der Waals surface area contributed by atoms with Gasteiger partial charge in [-0.25, -0.2) is 0 Å². The molecule has 0 aliphatic carbocycles. The van der Waals surface area contributed by atoms with Crippen LogP contribution in [0.4, 0.5) is 0 Å². The Morgan fingerprint density at radius 3 is 2.86 bits per heavy atom. The van der Waals surface area contributed by atoms with Gasteiger partial charge in [-0.3, -0.25) is 4.79 Å². The van der Waals surface area contributed by atoms with Gasteiger partial charge in [-0.05, 0) is 13.0 Å². The van der Waals surface area contributed by atoms with Crippen molar-refractivity contribution in [2.45, 2.75) is 13.5 Å². The van der Waals surface area contributed by atoms with Crippen LogP contribution in [0.1, 0.15) is 5.69 Å². The largest absolute Gasteiger partial charge is 0.378 e. The van der Waals surface area contributed by atoms with E-state index in [0.717, 1.165) is 5.69 Å². The molecular weight excluding hydrogens is 202 g/mol. The van der Waals surface area contributed by atoms with Crippen LogP contribution in [0.2, 0.25) is 0 Å². The van der Waals surface area contributed by atoms with Crippen LogP contribution < -0.4 is 5.56 Å². The molecule has 0 saturated heterocycles. The number of ether oxygens (including phenoxy) is 1. The van der Waals surface area contributed by atoms with Gasteiger partial charge in [0.25, 0.3) is 5.56 Å². The average Bonchev–Trinajstić information content (AvgIpc) is 2.16. The summed E-state index contributed by atoms with van der Waals surface area (Å²) in [7, 11) is 0. The Hall–Kier alpha value is -0.800. The van der Waals surface area contributed by atoms with E-state index in [0.29, 0.717) is 25.6 Å². The Kier molecular flexibility index (Phi) is 4.70. The van der Waals surface area contributed by atoms with Gasteiger partial charge in [0.1, 0.15) is 0 Å². The molecule has 0 aromatic carbocycles. The molecule has 0 aliphatic heterocycles. The van der Waals surface area contributed by atoms with Gasteiger partial charge in [0, 0.05) is 24.2 Å². The van der Waals surface area contributed by atoms with E-state index in [1.54, 1.807) is 16.7 Å². The first-order valence-corrected chi connectivity index (χ1v) is 5.09. The summed E-state index contributed by atoms with van der Waals surface area (Å²) < 4.78 is 6.89. The third-order valence-corrected chi connectivity index (χ3v) is 2.10. The van der Waals surface area contributed by atoms with Crippen LogP contribution in [0.3, 0.4) is 0 Å². The molecule has 1 heterocycles. The highest BCUT2D eigenvalue weighted by Gasteiger charge is 1.97. The molecule has 0 saturated carbocycles. The van der Waals surface area contributed by atoms with Crippen molar-refractivity contribution in [1.82, 2.24) is 4.57 Å². The monoisotopic (exact) mass is 215 g/mol. The maximum atomic E-state index is 11.4. The fraction of sp³-hybridized carbons (Fsp3) is 0.500. The summed E-state index contributed by atoms with van der Waals surface area (Å²) in [6.45, 7) is 3.55. The van der Waals surface area contributed by atoms with Crippen molar-refractivity contribution in [2.75, 3.05) is 19.1 Å². The van der Waals surface area contributed by atoms with Crippen LogP contribution in [0, 0.1) is 6.92 Å². The van der Waals surface area contributed by atoms with Crippen molar-refractivity contribution in [3.63, 3.8) is 0 Å². The third kappa shape index (κ3) is 3.16. The quantitative estimate of drug-likeness (QED) is 0.550. The smallest absolute Gasteiger partial charge is 0.250 e. The molecule has 0 atom stereocenters. The maximum Gasteiger partial charge on any atom is 0.250 e. The summed E-state index contributed by atoms with van der Waals surface area (Å²) in [5.41, 5.74) is 0.964. The number of aryl methyl sites for hydroxylation is 1. The zero-order chi connectivity index (χ0) is 10.4. The fourth-order valence-electron chi connectivity index (χ4n) is 1.22. The van der Waals surface area contributed by atoms with Gasteiger partial charge >= 0.3 is 0 Å². The van der Waals surface area contributed by atoms with Crippen molar-refractivity contribution in [2.24, 2.45) is 0 Å². The van der Waals surface area contributed by atoms with E-state index in [1.165, 1.54) is 0 Å². The summed E-state index contributed by atoms with van der Waals surface area (Å²) in [5.74, 6) is 0.489. The lowest BCUT2D eigenvalue weighted by Crippen LogP contribution is -2.23. The Morgan fingerprint density at radius 1 is 1.43 bits per heavy atom. The highest BCUT2D eigenvalue weighted by Crippen LogP contribution is 1.93. The Morgan fingerprint density at radius 2 is 2.21 bits per heavy atom. The van der Waals surface area contributed by atoms with Crippen molar-refractivity contribution in [3.05, 3.63) is 34.2 Å². The van der Waals surface area contributed by atoms with Crippen LogP contribution in [0.5, 0.6) is 0 Å². The summed E-state index contributed by atoms with van der Waals surface area (Å²) >= 11 is 5.45. The van der Waals surface area contributed by atoms with E-state index >= 15 is 0 Å². The van der Waals surface area contributed by atoms with Gasteiger partial charge in [0.05, 0.1) is 13.2 Å². The van der Waals surface area contributed by atoms with E-state index in [2.05, 4.69) is 0 Å². The SMILES string of the molecule is Cc1cccc(=O)n1CCOCCCl. The van der Waals surface area contributed by atoms with Crippen LogP contribution in [-0.2, 0) is 11.3 Å². The normalized spacial score (nSPS) is 10.4. The van der Waals surface area contributed by atoms with Gasteiger partial charge in [-0.1, -0.05) is 6.07 Å². The molecule has 0 spiro atoms. The maximum absolute atomic E-state index is 11.4. The fourth-order valence-corrected chi connectivity index (χ4v) is 1.33. The molecule has 0 bridgehead atoms. The van der Waals surface area contributed by atoms with Crippen molar-refractivity contribution < 1.29 is 4.74 Å². The molecule has 3 nitrogen and oxygen atoms in total. The minimum Gasteiger partial charge on any atom is -0.378 e. The predicted molar refractivity (Wildman–Crippen MR) is 57.0 cm³/mol. The predicted octanol–water partition coefficient (Wildman–Crippen LogP) is 1.41. The zero-order valence-electron chi connectivity index (χ0n) is 8.20. The lowest BCUT2D eigenvalue weighted by molar-refractivity contribution is 0.139. The number of halogens is 1. The molecule has 0 unspecified atom stereocenters. The van der Waals surface area contributed by atoms with Crippen LogP contribution in [0.25, 0.3) is 0 Å². The van der Waals surface area contributed by atoms with E-state index < -0.39 is 0 Å². The molecule has 1 aromatic rings. The van der Waals surface area contributed by atoms with E-state index in [4.69, 9.17) is 16.3 Å². The molecule has 0 aliphatic rings. The van der Waals surface area contributed by atoms with Gasteiger partial charge in [0.2, 0.25) is 0 Å². The highest BCUT2D eigenvalue weighted by atomic mass is 35.5. The molecular formula is C10H14ClNO2. The van der Waals surface area contributed by atoms with Crippen LogP contribution >= 0.6 is 11.6 Å². The second kappa shape index (κ2) is 5.83. The topological polar surface area (TPSA) is 31.2 Å². The summed E-state index contributed by atoms with van der Waals surface area (Å²) in [4.78, 5) is 11.4. The van der Waals surface area contributed by atoms with Crippen molar-refractivity contribution in [3.8, 4) is 0 Å². The first kappa shape index (κ1) is 11.3. The minimum absolute atomic E-state index is 0.0134. The van der Waals surface area contributed by atoms with Gasteiger partial charge in [0.15, 0.2) is 0 Å². The first-order valence-electron chi connectivity index (χ1n) is 4.56. The Bertz CT molecular complexity index is 335. The molecule has 1 aromatic heterocycles. The molecule has 0 radical (unpaired) electrons. The first-order chi connectivity index (χ1) is 6.75. The lowest BCUT2D eigenvalue weighted by Gasteiger charge is -2.08. The number of aromatic nitrogens is 1. The second-order valence-corrected chi connectivity index (χ2v) is 3.34. The van der Waals surface area contributed by atoms with E-state index in [9.17, 15) is 4.79 Å². The van der Waals surface area contributed by atoms with Crippen molar-refractivity contribution >= 4 is 11.6 Å². The van der Waals surface area contributed by atoms with Gasteiger partial charge in [-0.15, -0.1) is 11.6 Å². The van der Waals surface area contributed by atoms with E-state index in [1.807, 2.05) is 13.0 Å².